The third kappa shape index (κ3) is 11.7. The van der Waals surface area contributed by atoms with Crippen LogP contribution >= 0.6 is 7.26 Å². The Morgan fingerprint density at radius 2 is 1.06 bits per heavy atom. The van der Waals surface area contributed by atoms with Crippen LogP contribution in [0.4, 0.5) is 0 Å². The van der Waals surface area contributed by atoms with Crippen molar-refractivity contribution in [3.63, 3.8) is 0 Å². The van der Waals surface area contributed by atoms with Gasteiger partial charge in [-0.2, -0.15) is 0 Å². The van der Waals surface area contributed by atoms with Crippen LogP contribution in [0.15, 0.2) is 116 Å². The standard InChI is InChI=1S/C39H51O10P/c1-4-37(44)48-25-30(40)22-36(43)39(6-3,28-46-23-31(41)26-49-38(45)5-2)29-47-24-32(42)27-50(33-16-10-7-11-17-33,34-18-12-8-13-19-34)35-20-14-9-15-21-35/h4-5,7-21,30-32,36,40-43,50H,1-2,6,22-29H2,3H3. The van der Waals surface area contributed by atoms with E-state index >= 15 is 0 Å². The van der Waals surface area contributed by atoms with Crippen molar-refractivity contribution in [3.05, 3.63) is 116 Å². The molecule has 4 N–H and O–H groups in total. The number of benzene rings is 3. The van der Waals surface area contributed by atoms with Gasteiger partial charge in [0.05, 0.1) is 0 Å². The minimum absolute atomic E-state index is 0.0463. The second kappa shape index (κ2) is 20.8. The van der Waals surface area contributed by atoms with Gasteiger partial charge in [0.1, 0.15) is 0 Å². The number of carbonyl (C=O) groups is 2. The van der Waals surface area contributed by atoms with Gasteiger partial charge in [0.25, 0.3) is 0 Å². The predicted molar refractivity (Wildman–Crippen MR) is 197 cm³/mol. The summed E-state index contributed by atoms with van der Waals surface area (Å²) in [6.45, 7) is 7.43. The van der Waals surface area contributed by atoms with Crippen LogP contribution in [0.25, 0.3) is 0 Å². The molecule has 10 nitrogen and oxygen atoms in total. The summed E-state index contributed by atoms with van der Waals surface area (Å²) in [5.74, 6) is -1.38. The molecule has 5 atom stereocenters. The van der Waals surface area contributed by atoms with Crippen LogP contribution in [0.5, 0.6) is 0 Å². The Kier molecular flexibility index (Phi) is 17.0. The third-order valence-electron chi connectivity index (χ3n) is 8.82. The van der Waals surface area contributed by atoms with Crippen LogP contribution in [-0.4, -0.2) is 103 Å². The maximum atomic E-state index is 11.7. The molecule has 0 bridgehead atoms. The van der Waals surface area contributed by atoms with Crippen molar-refractivity contribution in [3.8, 4) is 0 Å². The van der Waals surface area contributed by atoms with Crippen LogP contribution in [0.3, 0.4) is 0 Å². The van der Waals surface area contributed by atoms with Gasteiger partial charge < -0.3 is 0 Å². The molecular weight excluding hydrogens is 659 g/mol. The van der Waals surface area contributed by atoms with Crippen LogP contribution in [0.1, 0.15) is 19.8 Å². The first-order valence-electron chi connectivity index (χ1n) is 16.7. The molecular formula is C39H51O10P. The Morgan fingerprint density at radius 1 is 0.660 bits per heavy atom. The summed E-state index contributed by atoms with van der Waals surface area (Å²) in [4.78, 5) is 22.9. The molecule has 0 heterocycles. The Labute approximate surface area is 295 Å². The van der Waals surface area contributed by atoms with Crippen molar-refractivity contribution >= 4 is 35.1 Å². The van der Waals surface area contributed by atoms with Gasteiger partial charge in [0, 0.05) is 12.2 Å². The molecule has 0 aliphatic rings. The van der Waals surface area contributed by atoms with Crippen molar-refractivity contribution in [1.29, 1.82) is 0 Å². The molecule has 11 heteroatoms. The zero-order valence-electron chi connectivity index (χ0n) is 28.6. The number of aliphatic hydroxyl groups is 4. The molecule has 0 fully saturated rings. The number of hydrogen-bond donors (Lipinski definition) is 4. The van der Waals surface area contributed by atoms with Gasteiger partial charge >= 0.3 is 261 Å². The molecule has 50 heavy (non-hydrogen) atoms. The summed E-state index contributed by atoms with van der Waals surface area (Å²) in [7, 11) is -2.76. The molecule has 0 spiro atoms. The molecule has 3 aromatic rings. The Balaban J connectivity index is 1.81. The minimum atomic E-state index is -2.76. The van der Waals surface area contributed by atoms with Crippen LogP contribution in [-0.2, 0) is 28.5 Å². The Bertz CT molecular complexity index is 1360. The zero-order chi connectivity index (χ0) is 36.4. The zero-order valence-corrected chi connectivity index (χ0v) is 29.6. The molecule has 0 aliphatic carbocycles. The van der Waals surface area contributed by atoms with E-state index in [0.717, 1.165) is 28.1 Å². The number of ether oxygens (including phenoxy) is 4. The molecule has 272 valence electrons. The number of rotatable bonds is 23. The molecule has 0 aliphatic heterocycles. The fraction of sp³-hybridized carbons (Fsp3) is 0.385. The van der Waals surface area contributed by atoms with Crippen molar-refractivity contribution in [2.24, 2.45) is 5.41 Å². The molecule has 0 radical (unpaired) electrons. The van der Waals surface area contributed by atoms with E-state index in [2.05, 4.69) is 49.6 Å². The van der Waals surface area contributed by atoms with E-state index in [9.17, 15) is 30.0 Å². The maximum absolute atomic E-state index is 11.7. The van der Waals surface area contributed by atoms with Gasteiger partial charge in [-0.15, -0.1) is 0 Å². The topological polar surface area (TPSA) is 152 Å². The van der Waals surface area contributed by atoms with Crippen LogP contribution < -0.4 is 15.9 Å². The van der Waals surface area contributed by atoms with E-state index in [1.165, 1.54) is 0 Å². The first-order chi connectivity index (χ1) is 24.1. The van der Waals surface area contributed by atoms with E-state index < -0.39 is 49.0 Å². The fourth-order valence-corrected chi connectivity index (χ4v) is 10.8. The second-order valence-electron chi connectivity index (χ2n) is 12.3. The molecule has 0 amide bonds. The van der Waals surface area contributed by atoms with Crippen molar-refractivity contribution in [2.75, 3.05) is 45.8 Å². The summed E-state index contributed by atoms with van der Waals surface area (Å²) in [5, 5.41) is 47.4. The summed E-state index contributed by atoms with van der Waals surface area (Å²) in [6, 6.07) is 30.7. The fourth-order valence-electron chi connectivity index (χ4n) is 6.00. The van der Waals surface area contributed by atoms with E-state index in [0.29, 0.717) is 12.6 Å². The molecule has 0 saturated heterocycles. The summed E-state index contributed by atoms with van der Waals surface area (Å²) in [5.41, 5.74) is -1.09. The van der Waals surface area contributed by atoms with E-state index in [4.69, 9.17) is 18.9 Å². The molecule has 5 unspecified atom stereocenters. The smallest absolute Gasteiger partial charge is 0.247 e. The van der Waals surface area contributed by atoms with Crippen molar-refractivity contribution in [1.82, 2.24) is 0 Å². The van der Waals surface area contributed by atoms with Gasteiger partial charge in [0.2, 0.25) is 0 Å². The number of carbonyl (C=O) groups excluding carboxylic acids is 2. The van der Waals surface area contributed by atoms with Crippen molar-refractivity contribution in [2.45, 2.75) is 44.2 Å². The SMILES string of the molecule is C=CC(=O)OCC(O)COCC(CC)(COCC(O)C[PH](c1ccccc1)(c1ccccc1)c1ccccc1)C(O)CC(O)COC(=O)C=C. The molecule has 0 saturated carbocycles. The summed E-state index contributed by atoms with van der Waals surface area (Å²) >= 11 is 0. The average molecular weight is 711 g/mol. The van der Waals surface area contributed by atoms with Crippen molar-refractivity contribution < 1.29 is 49.0 Å². The Morgan fingerprint density at radius 3 is 1.46 bits per heavy atom. The van der Waals surface area contributed by atoms with Crippen LogP contribution in [0, 0.1) is 5.41 Å². The van der Waals surface area contributed by atoms with Gasteiger partial charge in [-0.1, -0.05) is 13.2 Å². The van der Waals surface area contributed by atoms with Gasteiger partial charge in [-0.25, -0.2) is 9.59 Å². The number of hydrogen-bond acceptors (Lipinski definition) is 10. The van der Waals surface area contributed by atoms with E-state index in [1.54, 1.807) is 0 Å². The van der Waals surface area contributed by atoms with Gasteiger partial charge in [-0.3, -0.25) is 0 Å². The number of esters is 2. The summed E-state index contributed by atoms with van der Waals surface area (Å²) < 4.78 is 21.8. The van der Waals surface area contributed by atoms with E-state index in [1.807, 2.05) is 61.5 Å². The number of aliphatic hydroxyl groups excluding tert-OH is 4. The predicted octanol–water partition coefficient (Wildman–Crippen LogP) is 2.43. The monoisotopic (exact) mass is 710 g/mol. The van der Waals surface area contributed by atoms with Gasteiger partial charge in [-0.05, 0) is 0 Å². The van der Waals surface area contributed by atoms with Gasteiger partial charge in [0.15, 0.2) is 0 Å². The van der Waals surface area contributed by atoms with E-state index in [-0.39, 0.29) is 46.1 Å². The molecule has 0 aromatic heterocycles. The normalized spacial score (nSPS) is 15.5. The first-order valence-corrected chi connectivity index (χ1v) is 18.9. The summed E-state index contributed by atoms with van der Waals surface area (Å²) in [6.07, 6.45) is -1.85. The quantitative estimate of drug-likeness (QED) is 0.0657. The average Bonchev–Trinajstić information content (AvgIpc) is 3.15. The third-order valence-corrected chi connectivity index (χ3v) is 13.9. The minimum Gasteiger partial charge on any atom is -0.247 e. The molecule has 3 rings (SSSR count). The first kappa shape index (κ1) is 40.7. The van der Waals surface area contributed by atoms with Crippen LogP contribution in [0.2, 0.25) is 0 Å². The second-order valence-corrected chi connectivity index (χ2v) is 16.3. The molecule has 3 aromatic carbocycles. The Hall–Kier alpha value is -3.73.